The third-order valence-corrected chi connectivity index (χ3v) is 6.27. The smallest absolute Gasteiger partial charge is 0.332 e. The highest BCUT2D eigenvalue weighted by atomic mass is 32.2. The third-order valence-electron chi connectivity index (χ3n) is 4.94. The van der Waals surface area contributed by atoms with Crippen LogP contribution in [-0.4, -0.2) is 63.4 Å². The van der Waals surface area contributed by atoms with Gasteiger partial charge in [0.15, 0.2) is 6.04 Å². The van der Waals surface area contributed by atoms with Gasteiger partial charge >= 0.3 is 5.97 Å². The minimum Gasteiger partial charge on any atom is -0.467 e. The van der Waals surface area contributed by atoms with Crippen LogP contribution in [0.3, 0.4) is 0 Å². The molecule has 3 atom stereocenters. The number of benzene rings is 1. The summed E-state index contributed by atoms with van der Waals surface area (Å²) in [6, 6.07) is 6.47. The molecule has 31 heavy (non-hydrogen) atoms. The van der Waals surface area contributed by atoms with Crippen molar-refractivity contribution < 1.29 is 28.7 Å². The van der Waals surface area contributed by atoms with Gasteiger partial charge in [0, 0.05) is 19.8 Å². The van der Waals surface area contributed by atoms with Crippen molar-refractivity contribution in [3.63, 3.8) is 0 Å². The summed E-state index contributed by atoms with van der Waals surface area (Å²) in [5.74, 6) is -2.38. The van der Waals surface area contributed by atoms with Gasteiger partial charge in [0.25, 0.3) is 0 Å². The summed E-state index contributed by atoms with van der Waals surface area (Å²) >= 11 is 0.822. The molecule has 0 saturated carbocycles. The summed E-state index contributed by atoms with van der Waals surface area (Å²) in [5, 5.41) is 1.68. The molecule has 9 nitrogen and oxygen atoms in total. The van der Waals surface area contributed by atoms with E-state index in [-0.39, 0.29) is 24.7 Å². The number of nitrogens with one attached hydrogen (secondary N) is 1. The average molecular weight is 445 g/mol. The molecule has 2 fully saturated rings. The van der Waals surface area contributed by atoms with Crippen LogP contribution >= 0.6 is 11.9 Å². The van der Waals surface area contributed by atoms with Gasteiger partial charge in [-0.15, -0.1) is 0 Å². The van der Waals surface area contributed by atoms with Gasteiger partial charge in [-0.25, -0.2) is 9.10 Å². The van der Waals surface area contributed by atoms with E-state index < -0.39 is 35.2 Å². The molecule has 2 saturated heterocycles. The van der Waals surface area contributed by atoms with Crippen molar-refractivity contribution in [2.45, 2.75) is 44.1 Å². The van der Waals surface area contributed by atoms with Crippen LogP contribution in [0.4, 0.5) is 0 Å². The van der Waals surface area contributed by atoms with Crippen molar-refractivity contribution in [1.82, 2.24) is 14.5 Å². The fraction of sp³-hybridized carbons (Fsp3) is 0.381. The van der Waals surface area contributed by atoms with Crippen LogP contribution in [-0.2, 0) is 28.7 Å². The van der Waals surface area contributed by atoms with E-state index in [4.69, 9.17) is 4.74 Å². The number of methoxy groups -OCH3 is 1. The second-order valence-corrected chi connectivity index (χ2v) is 8.41. The van der Waals surface area contributed by atoms with Crippen molar-refractivity contribution >= 4 is 41.5 Å². The number of ether oxygens (including phenoxy) is 1. The monoisotopic (exact) mass is 445 g/mol. The number of hydrogen-bond acceptors (Lipinski definition) is 7. The highest BCUT2D eigenvalue weighted by Crippen LogP contribution is 2.38. The normalized spacial score (nSPS) is 21.6. The molecule has 1 N–H and O–H groups in total. The van der Waals surface area contributed by atoms with Crippen LogP contribution in [0.5, 0.6) is 0 Å². The topological polar surface area (TPSA) is 113 Å². The van der Waals surface area contributed by atoms with Crippen LogP contribution in [0.1, 0.15) is 26.7 Å². The third kappa shape index (κ3) is 4.63. The molecule has 2 aliphatic heterocycles. The van der Waals surface area contributed by atoms with E-state index in [9.17, 15) is 24.0 Å². The minimum atomic E-state index is -1.06. The van der Waals surface area contributed by atoms with Gasteiger partial charge in [-0.05, 0) is 41.6 Å². The molecule has 3 unspecified atom stereocenters. The molecule has 4 amide bonds. The molecule has 4 rings (SSSR count). The number of carbonyl (C=O) groups is 5. The van der Waals surface area contributed by atoms with Gasteiger partial charge in [0.05, 0.1) is 7.11 Å². The van der Waals surface area contributed by atoms with Gasteiger partial charge in [0.2, 0.25) is 23.6 Å². The number of carbonyl (C=O) groups excluding carboxylic acids is 5. The molecule has 10 heteroatoms. The Morgan fingerprint density at radius 2 is 1.74 bits per heavy atom. The number of fused-ring (bicyclic) bond motifs is 1. The number of esters is 1. The quantitative estimate of drug-likeness (QED) is 0.234. The lowest BCUT2D eigenvalue weighted by atomic mass is 9.99. The van der Waals surface area contributed by atoms with Crippen molar-refractivity contribution in [2.24, 2.45) is 0 Å². The number of rotatable bonds is 6. The molecule has 0 aromatic heterocycles. The molecule has 2 heterocycles. The Balaban J connectivity index is 0.000000381. The van der Waals surface area contributed by atoms with E-state index in [1.165, 1.54) is 30.1 Å². The number of amides is 4. The molecule has 0 aromatic rings. The Hall–Kier alpha value is -3.14. The second kappa shape index (κ2) is 8.93. The zero-order chi connectivity index (χ0) is 22.9. The van der Waals surface area contributed by atoms with Crippen molar-refractivity contribution in [2.75, 3.05) is 7.11 Å². The van der Waals surface area contributed by atoms with Gasteiger partial charge in [0.1, 0.15) is 11.4 Å². The van der Waals surface area contributed by atoms with Gasteiger partial charge in [-0.1, -0.05) is 24.8 Å². The highest BCUT2D eigenvalue weighted by Gasteiger charge is 2.55. The molecule has 0 radical (unpaired) electrons. The Morgan fingerprint density at radius 3 is 2.13 bits per heavy atom. The van der Waals surface area contributed by atoms with E-state index in [0.717, 1.165) is 16.3 Å². The van der Waals surface area contributed by atoms with E-state index in [0.29, 0.717) is 5.57 Å². The summed E-state index contributed by atoms with van der Waals surface area (Å²) < 4.78 is 5.70. The molecule has 0 spiro atoms. The van der Waals surface area contributed by atoms with E-state index >= 15 is 0 Å². The summed E-state index contributed by atoms with van der Waals surface area (Å²) in [7, 11) is 1.18. The van der Waals surface area contributed by atoms with Crippen LogP contribution in [0.25, 0.3) is 11.1 Å². The molecule has 4 aliphatic rings. The molecule has 0 bridgehead atoms. The zero-order valence-corrected chi connectivity index (χ0v) is 18.2. The summed E-state index contributed by atoms with van der Waals surface area (Å²) in [6.45, 7) is 6.52. The molecular formula is C21H23N3O6S. The highest BCUT2D eigenvalue weighted by molar-refractivity contribution is 7.98. The summed E-state index contributed by atoms with van der Waals surface area (Å²) in [5.41, 5.74) is 3.22. The zero-order valence-electron chi connectivity index (χ0n) is 17.4. The lowest BCUT2D eigenvalue weighted by molar-refractivity contribution is -0.161. The number of nitrogens with zero attached hydrogens (tertiary/aromatic N) is 2. The van der Waals surface area contributed by atoms with Crippen LogP contribution in [0, 0.1) is 0 Å². The second-order valence-electron chi connectivity index (χ2n) is 7.35. The fourth-order valence-electron chi connectivity index (χ4n) is 3.35. The first-order valence-corrected chi connectivity index (χ1v) is 10.4. The predicted molar refractivity (Wildman–Crippen MR) is 113 cm³/mol. The van der Waals surface area contributed by atoms with Crippen LogP contribution in [0.15, 0.2) is 36.4 Å². The number of likely N-dealkylation sites (tertiary alicyclic amines) is 1. The fourth-order valence-corrected chi connectivity index (χ4v) is 4.61. The first-order valence-electron chi connectivity index (χ1n) is 9.61. The van der Waals surface area contributed by atoms with E-state index in [1.54, 1.807) is 6.92 Å². The maximum Gasteiger partial charge on any atom is 0.332 e. The number of hydrogen-bond donors (Lipinski definition) is 1. The lowest BCUT2D eigenvalue weighted by Crippen LogP contribution is -2.73. The summed E-state index contributed by atoms with van der Waals surface area (Å²) in [6.07, 6.45) is 0.191. The van der Waals surface area contributed by atoms with Crippen molar-refractivity contribution in [1.29, 1.82) is 0 Å². The molecule has 0 aromatic carbocycles. The SMILES string of the molecule is C=C(C)C(C(=O)OC)N1C(=O)C(NC(C)=O)C1SN1C(=O)CCC1=O.c1cc2cc-2c1. The van der Waals surface area contributed by atoms with Gasteiger partial charge in [-0.2, -0.15) is 0 Å². The Bertz CT molecular complexity index is 944. The Kier molecular flexibility index (Phi) is 6.49. The first-order chi connectivity index (χ1) is 14.6. The van der Waals surface area contributed by atoms with Crippen molar-refractivity contribution in [3.05, 3.63) is 36.4 Å². The van der Waals surface area contributed by atoms with E-state index in [1.807, 2.05) is 0 Å². The van der Waals surface area contributed by atoms with Crippen LogP contribution < -0.4 is 5.32 Å². The standard InChI is InChI=1S/C15H19N3O6S.C6H4/c1-7(2)12(15(23)24-4)17-13(22)11(16-8(3)19)14(17)25-18-9(20)5-6-10(18)21;1-2-5-4-6(5)3-1/h11-12,14H,1,5-6H2,2-4H3,(H,16,19);1-4H. The summed E-state index contributed by atoms with van der Waals surface area (Å²) in [4.78, 5) is 60.8. The Labute approximate surface area is 183 Å². The average Bonchev–Trinajstić information content (AvgIpc) is 3.19. The Morgan fingerprint density at radius 1 is 1.16 bits per heavy atom. The molecular weight excluding hydrogens is 422 g/mol. The van der Waals surface area contributed by atoms with Gasteiger partial charge in [-0.3, -0.25) is 19.2 Å². The number of β-lactam (4-membered cyclic amide) rings is 1. The van der Waals surface area contributed by atoms with Gasteiger partial charge < -0.3 is 15.0 Å². The largest absolute Gasteiger partial charge is 0.467 e. The first kappa shape index (κ1) is 22.5. The predicted octanol–water partition coefficient (Wildman–Crippen LogP) is 1.24. The van der Waals surface area contributed by atoms with E-state index in [2.05, 4.69) is 36.2 Å². The van der Waals surface area contributed by atoms with Crippen molar-refractivity contribution in [3.8, 4) is 11.1 Å². The van der Waals surface area contributed by atoms with Crippen LogP contribution in [0.2, 0.25) is 0 Å². The lowest BCUT2D eigenvalue weighted by Gasteiger charge is -2.49. The minimum absolute atomic E-state index is 0.0955. The number of imide groups is 1. The maximum absolute atomic E-state index is 12.5. The molecule has 164 valence electrons. The molecule has 2 aliphatic carbocycles. The maximum atomic E-state index is 12.5.